The van der Waals surface area contributed by atoms with Crippen LogP contribution in [0.3, 0.4) is 0 Å². The molecule has 0 unspecified atom stereocenters. The van der Waals surface area contributed by atoms with E-state index in [0.29, 0.717) is 0 Å². The summed E-state index contributed by atoms with van der Waals surface area (Å²) in [5.74, 6) is 0. The number of benzene rings is 1. The second kappa shape index (κ2) is 5.73. The molecule has 1 aromatic rings. The maximum atomic E-state index is 11.1. The van der Waals surface area contributed by atoms with Gasteiger partial charge in [0, 0.05) is 40.3 Å². The Morgan fingerprint density at radius 2 is 2.11 bits per heavy atom. The fraction of sp³-hybridized carbons (Fsp3) is 0.462. The third kappa shape index (κ3) is 2.41. The zero-order valence-corrected chi connectivity index (χ0v) is 10.9. The van der Waals surface area contributed by atoms with Gasteiger partial charge in [0.1, 0.15) is 0 Å². The first-order valence-corrected chi connectivity index (χ1v) is 6.22. The van der Waals surface area contributed by atoms with Gasteiger partial charge in [0.25, 0.3) is 0 Å². The van der Waals surface area contributed by atoms with Gasteiger partial charge in [0.05, 0.1) is 17.1 Å². The highest BCUT2D eigenvalue weighted by atomic mass is 16.1. The van der Waals surface area contributed by atoms with E-state index in [1.165, 1.54) is 0 Å². The van der Waals surface area contributed by atoms with Crippen molar-refractivity contribution in [3.63, 3.8) is 0 Å². The van der Waals surface area contributed by atoms with Crippen LogP contribution in [-0.4, -0.2) is 46.7 Å². The molecule has 0 saturated carbocycles. The number of carbonyl (C=O) groups excluding carboxylic acids is 1. The molecule has 98 valence electrons. The number of carbonyl (C=O) groups is 1. The minimum Gasteiger partial charge on any atom is -0.386 e. The van der Waals surface area contributed by atoms with Gasteiger partial charge in [-0.1, -0.05) is 6.07 Å². The lowest BCUT2D eigenvalue weighted by Gasteiger charge is -2.33. The first-order valence-electron chi connectivity index (χ1n) is 6.22. The molecule has 0 spiro atoms. The van der Waals surface area contributed by atoms with Crippen molar-refractivity contribution in [3.8, 4) is 0 Å². The number of piperazine rings is 1. The number of rotatable bonds is 4. The molecule has 18 heavy (non-hydrogen) atoms. The topological polar surface area (TPSA) is 47.6 Å². The fourth-order valence-corrected chi connectivity index (χ4v) is 2.32. The smallest absolute Gasteiger partial charge is 0.213 e. The van der Waals surface area contributed by atoms with Crippen LogP contribution in [0.25, 0.3) is 0 Å². The second-order valence-corrected chi connectivity index (χ2v) is 4.38. The highest BCUT2D eigenvalue weighted by molar-refractivity contribution is 5.92. The molecule has 1 saturated heterocycles. The summed E-state index contributed by atoms with van der Waals surface area (Å²) < 4.78 is 0. The summed E-state index contributed by atoms with van der Waals surface area (Å²) in [7, 11) is 3.66. The van der Waals surface area contributed by atoms with E-state index in [9.17, 15) is 4.79 Å². The summed E-state index contributed by atoms with van der Waals surface area (Å²) in [6, 6.07) is 6.08. The van der Waals surface area contributed by atoms with Gasteiger partial charge < -0.3 is 20.4 Å². The average molecular weight is 248 g/mol. The van der Waals surface area contributed by atoms with Crippen molar-refractivity contribution in [2.75, 3.05) is 55.4 Å². The van der Waals surface area contributed by atoms with Crippen LogP contribution in [0.2, 0.25) is 0 Å². The largest absolute Gasteiger partial charge is 0.386 e. The predicted octanol–water partition coefficient (Wildman–Crippen LogP) is 0.730. The second-order valence-electron chi connectivity index (χ2n) is 4.38. The number of nitrogens with zero attached hydrogens (tertiary/aromatic N) is 2. The van der Waals surface area contributed by atoms with E-state index in [4.69, 9.17) is 0 Å². The van der Waals surface area contributed by atoms with Crippen LogP contribution in [0.5, 0.6) is 0 Å². The quantitative estimate of drug-likeness (QED) is 0.771. The lowest BCUT2D eigenvalue weighted by molar-refractivity contribution is -0.107. The minimum atomic E-state index is 0.849. The summed E-state index contributed by atoms with van der Waals surface area (Å²) in [5, 5.41) is 6.48. The van der Waals surface area contributed by atoms with E-state index in [2.05, 4.69) is 21.6 Å². The van der Waals surface area contributed by atoms with E-state index >= 15 is 0 Å². The van der Waals surface area contributed by atoms with Crippen LogP contribution < -0.4 is 20.4 Å². The van der Waals surface area contributed by atoms with Crippen molar-refractivity contribution in [1.82, 2.24) is 5.32 Å². The van der Waals surface area contributed by atoms with Crippen LogP contribution in [0.1, 0.15) is 0 Å². The van der Waals surface area contributed by atoms with Gasteiger partial charge in [-0.2, -0.15) is 0 Å². The molecule has 1 amide bonds. The highest BCUT2D eigenvalue weighted by Crippen LogP contribution is 2.35. The Labute approximate surface area is 108 Å². The lowest BCUT2D eigenvalue weighted by Crippen LogP contribution is -2.44. The SMILES string of the molecule is CNc1cccc(N2CCNCC2)c1N(C)C=O. The van der Waals surface area contributed by atoms with Crippen LogP contribution >= 0.6 is 0 Å². The van der Waals surface area contributed by atoms with Crippen LogP contribution in [0.15, 0.2) is 18.2 Å². The van der Waals surface area contributed by atoms with Gasteiger partial charge in [-0.15, -0.1) is 0 Å². The Balaban J connectivity index is 2.41. The maximum absolute atomic E-state index is 11.1. The summed E-state index contributed by atoms with van der Waals surface area (Å²) in [6.45, 7) is 3.89. The Kier molecular flexibility index (Phi) is 4.04. The first-order chi connectivity index (χ1) is 8.77. The van der Waals surface area contributed by atoms with Gasteiger partial charge in [0.2, 0.25) is 6.41 Å². The predicted molar refractivity (Wildman–Crippen MR) is 75.5 cm³/mol. The number of amides is 1. The van der Waals surface area contributed by atoms with Gasteiger partial charge in [-0.05, 0) is 12.1 Å². The third-order valence-corrected chi connectivity index (χ3v) is 3.25. The van der Waals surface area contributed by atoms with Crippen molar-refractivity contribution < 1.29 is 4.79 Å². The number of anilines is 3. The third-order valence-electron chi connectivity index (χ3n) is 3.25. The van der Waals surface area contributed by atoms with E-state index in [1.807, 2.05) is 19.2 Å². The van der Waals surface area contributed by atoms with Crippen molar-refractivity contribution in [2.24, 2.45) is 0 Å². The summed E-state index contributed by atoms with van der Waals surface area (Å²) in [5.41, 5.74) is 3.02. The molecule has 1 aliphatic heterocycles. The molecule has 1 heterocycles. The Bertz CT molecular complexity index is 415. The van der Waals surface area contributed by atoms with E-state index in [-0.39, 0.29) is 0 Å². The molecule has 5 nitrogen and oxygen atoms in total. The molecule has 2 rings (SSSR count). The average Bonchev–Trinajstić information content (AvgIpc) is 2.46. The van der Waals surface area contributed by atoms with Gasteiger partial charge in [-0.3, -0.25) is 4.79 Å². The molecule has 1 aliphatic rings. The van der Waals surface area contributed by atoms with Crippen molar-refractivity contribution >= 4 is 23.5 Å². The van der Waals surface area contributed by atoms with E-state index in [0.717, 1.165) is 49.7 Å². The molecular weight excluding hydrogens is 228 g/mol. The molecule has 5 heteroatoms. The molecule has 2 N–H and O–H groups in total. The Morgan fingerprint density at radius 3 is 2.72 bits per heavy atom. The van der Waals surface area contributed by atoms with Gasteiger partial charge in [0.15, 0.2) is 0 Å². The molecule has 0 aliphatic carbocycles. The lowest BCUT2D eigenvalue weighted by atomic mass is 10.1. The molecule has 1 fully saturated rings. The van der Waals surface area contributed by atoms with E-state index < -0.39 is 0 Å². The number of nitrogens with one attached hydrogen (secondary N) is 2. The molecule has 1 aromatic carbocycles. The van der Waals surface area contributed by atoms with Crippen molar-refractivity contribution in [3.05, 3.63) is 18.2 Å². The Hall–Kier alpha value is -1.75. The van der Waals surface area contributed by atoms with Gasteiger partial charge >= 0.3 is 0 Å². The highest BCUT2D eigenvalue weighted by Gasteiger charge is 2.18. The first kappa shape index (κ1) is 12.7. The zero-order valence-electron chi connectivity index (χ0n) is 10.9. The molecule has 0 aromatic heterocycles. The van der Waals surface area contributed by atoms with Crippen LogP contribution in [-0.2, 0) is 4.79 Å². The van der Waals surface area contributed by atoms with Gasteiger partial charge in [-0.25, -0.2) is 0 Å². The molecule has 0 atom stereocenters. The Morgan fingerprint density at radius 1 is 1.39 bits per heavy atom. The molecular formula is C13H20N4O. The number of hydrogen-bond donors (Lipinski definition) is 2. The summed E-state index contributed by atoms with van der Waals surface area (Å²) in [4.78, 5) is 15.0. The standard InChI is InChI=1S/C13H20N4O/c1-14-11-4-3-5-12(13(11)16(2)10-18)17-8-6-15-7-9-17/h3-5,10,14-15H,6-9H2,1-2H3. The number of hydrogen-bond acceptors (Lipinski definition) is 4. The monoisotopic (exact) mass is 248 g/mol. The van der Waals surface area contributed by atoms with Crippen molar-refractivity contribution in [2.45, 2.75) is 0 Å². The van der Waals surface area contributed by atoms with Crippen LogP contribution in [0.4, 0.5) is 17.1 Å². The maximum Gasteiger partial charge on any atom is 0.213 e. The number of para-hydroxylation sites is 1. The normalized spacial score (nSPS) is 15.3. The minimum absolute atomic E-state index is 0.849. The van der Waals surface area contributed by atoms with Crippen molar-refractivity contribution in [1.29, 1.82) is 0 Å². The zero-order chi connectivity index (χ0) is 13.0. The van der Waals surface area contributed by atoms with E-state index in [1.54, 1.807) is 11.9 Å². The van der Waals surface area contributed by atoms with Crippen LogP contribution in [0, 0.1) is 0 Å². The summed E-state index contributed by atoms with van der Waals surface area (Å²) in [6.07, 6.45) is 0.849. The summed E-state index contributed by atoms with van der Waals surface area (Å²) >= 11 is 0. The fourth-order valence-electron chi connectivity index (χ4n) is 2.32. The molecule has 0 radical (unpaired) electrons. The molecule has 0 bridgehead atoms.